The maximum Gasteiger partial charge on any atom is 0.231 e. The summed E-state index contributed by atoms with van der Waals surface area (Å²) in [6.45, 7) is 11.5. The molecule has 2 aliphatic heterocycles. The van der Waals surface area contributed by atoms with Crippen LogP contribution in [0.15, 0.2) is 18.2 Å². The highest BCUT2D eigenvalue weighted by molar-refractivity contribution is 5.44. The normalized spacial score (nSPS) is 32.4. The number of fused-ring (bicyclic) bond motifs is 3. The van der Waals surface area contributed by atoms with Gasteiger partial charge in [-0.2, -0.15) is 0 Å². The van der Waals surface area contributed by atoms with Gasteiger partial charge in [0.15, 0.2) is 11.5 Å². The van der Waals surface area contributed by atoms with E-state index in [4.69, 9.17) is 9.47 Å². The van der Waals surface area contributed by atoms with Crippen LogP contribution in [-0.4, -0.2) is 31.3 Å². The lowest BCUT2D eigenvalue weighted by Crippen LogP contribution is -2.52. The number of rotatable bonds is 3. The molecule has 2 bridgehead atoms. The number of hydrogen-bond acceptors (Lipinski definition) is 3. The molecule has 4 rings (SSSR count). The molecule has 22 heavy (non-hydrogen) atoms. The minimum absolute atomic E-state index is 0.361. The van der Waals surface area contributed by atoms with Crippen molar-refractivity contribution >= 4 is 0 Å². The summed E-state index contributed by atoms with van der Waals surface area (Å²) in [6, 6.07) is 6.37. The molecule has 2 atom stereocenters. The van der Waals surface area contributed by atoms with Crippen molar-refractivity contribution in [1.82, 2.24) is 4.90 Å². The molecule has 2 heterocycles. The van der Waals surface area contributed by atoms with Crippen molar-refractivity contribution in [3.63, 3.8) is 0 Å². The van der Waals surface area contributed by atoms with Crippen LogP contribution in [0.4, 0.5) is 0 Å². The molecule has 3 heteroatoms. The summed E-state index contributed by atoms with van der Waals surface area (Å²) in [5.74, 6) is 2.65. The van der Waals surface area contributed by atoms with Gasteiger partial charge in [-0.25, -0.2) is 0 Å². The van der Waals surface area contributed by atoms with E-state index in [9.17, 15) is 0 Å². The molecule has 0 spiro atoms. The van der Waals surface area contributed by atoms with Crippen molar-refractivity contribution in [1.29, 1.82) is 0 Å². The standard InChI is InChI=1S/C19H27NO2/c1-18(2)15-6-8-19(18,3)12-20(11-15)9-7-14-4-5-16-17(10-14)22-13-21-16/h4-5,10,15H,6-9,11-13H2,1-3H3/t15?,19-/m1/s1. The van der Waals surface area contributed by atoms with Gasteiger partial charge in [-0.1, -0.05) is 26.8 Å². The predicted molar refractivity (Wildman–Crippen MR) is 87.3 cm³/mol. The third-order valence-corrected chi connectivity index (χ3v) is 6.83. The molecule has 0 radical (unpaired) electrons. The van der Waals surface area contributed by atoms with Crippen LogP contribution < -0.4 is 9.47 Å². The Labute approximate surface area is 133 Å². The zero-order valence-corrected chi connectivity index (χ0v) is 14.0. The Bertz CT molecular complexity index is 583. The zero-order valence-electron chi connectivity index (χ0n) is 14.0. The highest BCUT2D eigenvalue weighted by Gasteiger charge is 2.55. The van der Waals surface area contributed by atoms with Crippen LogP contribution in [-0.2, 0) is 6.42 Å². The fourth-order valence-electron chi connectivity index (χ4n) is 4.69. The largest absolute Gasteiger partial charge is 0.454 e. The molecule has 1 aliphatic carbocycles. The van der Waals surface area contributed by atoms with Crippen molar-refractivity contribution in [2.24, 2.45) is 16.7 Å². The molecule has 1 saturated heterocycles. The van der Waals surface area contributed by atoms with Crippen LogP contribution in [0.25, 0.3) is 0 Å². The van der Waals surface area contributed by atoms with Crippen molar-refractivity contribution in [2.75, 3.05) is 26.4 Å². The van der Waals surface area contributed by atoms with Gasteiger partial charge in [0.05, 0.1) is 0 Å². The van der Waals surface area contributed by atoms with Gasteiger partial charge in [0.25, 0.3) is 0 Å². The Kier molecular flexibility index (Phi) is 3.19. The quantitative estimate of drug-likeness (QED) is 0.849. The molecule has 1 saturated carbocycles. The molecule has 0 N–H and O–H groups in total. The first-order valence-corrected chi connectivity index (χ1v) is 8.59. The summed E-state index contributed by atoms with van der Waals surface area (Å²) in [7, 11) is 0. The lowest BCUT2D eigenvalue weighted by molar-refractivity contribution is -0.0169. The number of likely N-dealkylation sites (tertiary alicyclic amines) is 1. The van der Waals surface area contributed by atoms with E-state index in [1.54, 1.807) is 0 Å². The Balaban J connectivity index is 1.41. The molecular formula is C19H27NO2. The van der Waals surface area contributed by atoms with Crippen LogP contribution in [0.3, 0.4) is 0 Å². The third-order valence-electron chi connectivity index (χ3n) is 6.83. The summed E-state index contributed by atoms with van der Waals surface area (Å²) in [4.78, 5) is 2.69. The van der Waals surface area contributed by atoms with Gasteiger partial charge < -0.3 is 14.4 Å². The zero-order chi connectivity index (χ0) is 15.4. The molecule has 2 fully saturated rings. The number of piperidine rings is 1. The van der Waals surface area contributed by atoms with E-state index >= 15 is 0 Å². The number of nitrogens with zero attached hydrogens (tertiary/aromatic N) is 1. The monoisotopic (exact) mass is 301 g/mol. The molecule has 1 unspecified atom stereocenters. The fraction of sp³-hybridized carbons (Fsp3) is 0.684. The van der Waals surface area contributed by atoms with Crippen molar-refractivity contribution in [3.05, 3.63) is 23.8 Å². The van der Waals surface area contributed by atoms with Gasteiger partial charge in [-0.05, 0) is 53.7 Å². The SMILES string of the molecule is CC1(C)C2CC[C@]1(C)CN(CCc1ccc3c(c1)OCO3)C2. The molecule has 3 nitrogen and oxygen atoms in total. The van der Waals surface area contributed by atoms with Crippen LogP contribution in [0.1, 0.15) is 39.2 Å². The fourth-order valence-corrected chi connectivity index (χ4v) is 4.69. The Morgan fingerprint density at radius 1 is 1.18 bits per heavy atom. The van der Waals surface area contributed by atoms with E-state index in [-0.39, 0.29) is 0 Å². The third kappa shape index (κ3) is 2.13. The molecule has 120 valence electrons. The summed E-state index contributed by atoms with van der Waals surface area (Å²) in [5.41, 5.74) is 2.35. The first-order chi connectivity index (χ1) is 10.5. The minimum Gasteiger partial charge on any atom is -0.454 e. The van der Waals surface area contributed by atoms with E-state index in [2.05, 4.69) is 37.8 Å². The molecule has 0 aromatic heterocycles. The smallest absolute Gasteiger partial charge is 0.231 e. The molecule has 0 amide bonds. The maximum atomic E-state index is 5.48. The van der Waals surface area contributed by atoms with Crippen molar-refractivity contribution in [2.45, 2.75) is 40.0 Å². The van der Waals surface area contributed by atoms with Gasteiger partial charge in [0.1, 0.15) is 0 Å². The Hall–Kier alpha value is -1.22. The molecule has 1 aromatic rings. The van der Waals surface area contributed by atoms with Gasteiger partial charge in [-0.15, -0.1) is 0 Å². The summed E-state index contributed by atoms with van der Waals surface area (Å²) in [5, 5.41) is 0. The van der Waals surface area contributed by atoms with Gasteiger partial charge in [0, 0.05) is 19.6 Å². The topological polar surface area (TPSA) is 21.7 Å². The summed E-state index contributed by atoms with van der Waals surface area (Å²) in [6.07, 6.45) is 3.90. The van der Waals surface area contributed by atoms with E-state index in [0.29, 0.717) is 17.6 Å². The first-order valence-electron chi connectivity index (χ1n) is 8.59. The van der Waals surface area contributed by atoms with Crippen molar-refractivity contribution < 1.29 is 9.47 Å². The first kappa shape index (κ1) is 14.4. The second-order valence-corrected chi connectivity index (χ2v) is 8.19. The lowest BCUT2D eigenvalue weighted by Gasteiger charge is -2.50. The highest BCUT2D eigenvalue weighted by atomic mass is 16.7. The average molecular weight is 301 g/mol. The van der Waals surface area contributed by atoms with E-state index in [1.165, 1.54) is 31.5 Å². The highest BCUT2D eigenvalue weighted by Crippen LogP contribution is 2.58. The maximum absolute atomic E-state index is 5.48. The van der Waals surface area contributed by atoms with Crippen LogP contribution in [0.5, 0.6) is 11.5 Å². The average Bonchev–Trinajstić information content (AvgIpc) is 2.96. The van der Waals surface area contributed by atoms with Gasteiger partial charge in [-0.3, -0.25) is 0 Å². The second kappa shape index (κ2) is 4.89. The molecule has 1 aromatic carbocycles. The summed E-state index contributed by atoms with van der Waals surface area (Å²) < 4.78 is 10.9. The van der Waals surface area contributed by atoms with Gasteiger partial charge >= 0.3 is 0 Å². The number of benzene rings is 1. The molecular weight excluding hydrogens is 274 g/mol. The summed E-state index contributed by atoms with van der Waals surface area (Å²) >= 11 is 0. The molecule has 3 aliphatic rings. The van der Waals surface area contributed by atoms with Crippen molar-refractivity contribution in [3.8, 4) is 11.5 Å². The van der Waals surface area contributed by atoms with Crippen LogP contribution >= 0.6 is 0 Å². The van der Waals surface area contributed by atoms with E-state index in [1.807, 2.05) is 6.07 Å². The van der Waals surface area contributed by atoms with Gasteiger partial charge in [0.2, 0.25) is 6.79 Å². The number of hydrogen-bond donors (Lipinski definition) is 0. The van der Waals surface area contributed by atoms with Crippen LogP contribution in [0, 0.1) is 16.7 Å². The van der Waals surface area contributed by atoms with Crippen LogP contribution in [0.2, 0.25) is 0 Å². The minimum atomic E-state index is 0.361. The van der Waals surface area contributed by atoms with E-state index < -0.39 is 0 Å². The Morgan fingerprint density at radius 2 is 2.00 bits per heavy atom. The Morgan fingerprint density at radius 3 is 2.82 bits per heavy atom. The van der Waals surface area contributed by atoms with E-state index in [0.717, 1.165) is 30.4 Å². The predicted octanol–water partition coefficient (Wildman–Crippen LogP) is 3.72. The number of ether oxygens (including phenoxy) is 2. The lowest BCUT2D eigenvalue weighted by atomic mass is 9.63. The second-order valence-electron chi connectivity index (χ2n) is 8.19.